The molecule has 1 rings (SSSR count). The van der Waals surface area contributed by atoms with Crippen LogP contribution in [0.25, 0.3) is 0 Å². The Morgan fingerprint density at radius 1 is 1.36 bits per heavy atom. The Labute approximate surface area is 84.3 Å². The molecule has 0 spiro atoms. The third-order valence-electron chi connectivity index (χ3n) is 2.16. The van der Waals surface area contributed by atoms with Crippen LogP contribution >= 0.6 is 0 Å². The molecule has 0 saturated heterocycles. The molecular formula is C10H17N3O. The highest BCUT2D eigenvalue weighted by atomic mass is 16.5. The van der Waals surface area contributed by atoms with Gasteiger partial charge in [-0.3, -0.25) is 0 Å². The number of hydrogen-bond acceptors (Lipinski definition) is 4. The lowest BCUT2D eigenvalue weighted by Crippen LogP contribution is -2.27. The monoisotopic (exact) mass is 195 g/mol. The van der Waals surface area contributed by atoms with Gasteiger partial charge in [0.25, 0.3) is 0 Å². The van der Waals surface area contributed by atoms with Crippen LogP contribution in [0.2, 0.25) is 0 Å². The van der Waals surface area contributed by atoms with E-state index in [0.717, 1.165) is 6.42 Å². The fraction of sp³-hybridized carbons (Fsp3) is 0.500. The molecule has 1 aromatic rings. The predicted molar refractivity (Wildman–Crippen MR) is 58.1 cm³/mol. The van der Waals surface area contributed by atoms with Crippen molar-refractivity contribution >= 4 is 11.5 Å². The number of rotatable bonds is 3. The number of anilines is 2. The van der Waals surface area contributed by atoms with Crippen LogP contribution in [0.4, 0.5) is 11.5 Å². The average Bonchev–Trinajstić information content (AvgIpc) is 2.11. The van der Waals surface area contributed by atoms with Gasteiger partial charge in [0.05, 0.1) is 5.69 Å². The molecule has 0 fully saturated rings. The smallest absolute Gasteiger partial charge is 0.215 e. The molecule has 1 aromatic heterocycles. The maximum Gasteiger partial charge on any atom is 0.215 e. The number of hydrogen-bond donors (Lipinski definition) is 2. The second kappa shape index (κ2) is 3.74. The molecule has 14 heavy (non-hydrogen) atoms. The molecule has 0 bridgehead atoms. The summed E-state index contributed by atoms with van der Waals surface area (Å²) in [6, 6.07) is 3.42. The molecule has 4 nitrogen and oxygen atoms in total. The first-order valence-electron chi connectivity index (χ1n) is 4.65. The highest BCUT2D eigenvalue weighted by Crippen LogP contribution is 2.22. The van der Waals surface area contributed by atoms with E-state index >= 15 is 0 Å². The summed E-state index contributed by atoms with van der Waals surface area (Å²) >= 11 is 0. The highest BCUT2D eigenvalue weighted by molar-refractivity contribution is 5.58. The van der Waals surface area contributed by atoms with Gasteiger partial charge >= 0.3 is 0 Å². The molecule has 0 aliphatic rings. The third-order valence-corrected chi connectivity index (χ3v) is 2.16. The van der Waals surface area contributed by atoms with Gasteiger partial charge in [-0.25, -0.2) is 0 Å². The van der Waals surface area contributed by atoms with E-state index in [1.807, 2.05) is 13.8 Å². The number of nitrogens with two attached hydrogens (primary N) is 2. The van der Waals surface area contributed by atoms with Crippen molar-refractivity contribution in [1.29, 1.82) is 0 Å². The Morgan fingerprint density at radius 2 is 2.00 bits per heavy atom. The minimum Gasteiger partial charge on any atom is -0.472 e. The van der Waals surface area contributed by atoms with Gasteiger partial charge in [-0.1, -0.05) is 6.92 Å². The zero-order valence-corrected chi connectivity index (χ0v) is 8.87. The van der Waals surface area contributed by atoms with Gasteiger partial charge in [-0.05, 0) is 26.3 Å². The topological polar surface area (TPSA) is 74.2 Å². The van der Waals surface area contributed by atoms with Gasteiger partial charge in [0.1, 0.15) is 5.60 Å². The van der Waals surface area contributed by atoms with Crippen LogP contribution in [0, 0.1) is 0 Å². The lowest BCUT2D eigenvalue weighted by atomic mass is 10.1. The molecule has 4 heteroatoms. The maximum atomic E-state index is 5.64. The summed E-state index contributed by atoms with van der Waals surface area (Å²) in [5.41, 5.74) is 11.4. The van der Waals surface area contributed by atoms with E-state index in [0.29, 0.717) is 17.4 Å². The molecule has 0 aliphatic carbocycles. The fourth-order valence-electron chi connectivity index (χ4n) is 0.879. The van der Waals surface area contributed by atoms with E-state index in [2.05, 4.69) is 11.9 Å². The lowest BCUT2D eigenvalue weighted by molar-refractivity contribution is 0.0993. The first kappa shape index (κ1) is 10.6. The highest BCUT2D eigenvalue weighted by Gasteiger charge is 2.17. The summed E-state index contributed by atoms with van der Waals surface area (Å²) in [5, 5.41) is 0. The zero-order chi connectivity index (χ0) is 10.8. The van der Waals surface area contributed by atoms with Crippen LogP contribution in [0.15, 0.2) is 12.1 Å². The molecule has 78 valence electrons. The van der Waals surface area contributed by atoms with Crippen LogP contribution in [-0.4, -0.2) is 10.6 Å². The van der Waals surface area contributed by atoms with E-state index in [1.54, 1.807) is 12.1 Å². The Morgan fingerprint density at radius 3 is 2.50 bits per heavy atom. The number of pyridine rings is 1. The lowest BCUT2D eigenvalue weighted by Gasteiger charge is -2.24. The van der Waals surface area contributed by atoms with Crippen molar-refractivity contribution in [2.75, 3.05) is 11.5 Å². The van der Waals surface area contributed by atoms with Crippen molar-refractivity contribution in [3.8, 4) is 5.88 Å². The van der Waals surface area contributed by atoms with Gasteiger partial charge in [0.2, 0.25) is 5.88 Å². The van der Waals surface area contributed by atoms with Crippen LogP contribution in [0.1, 0.15) is 27.2 Å². The van der Waals surface area contributed by atoms with Crippen molar-refractivity contribution in [2.24, 2.45) is 0 Å². The fourth-order valence-corrected chi connectivity index (χ4v) is 0.879. The second-order valence-corrected chi connectivity index (χ2v) is 3.84. The van der Waals surface area contributed by atoms with E-state index < -0.39 is 0 Å². The summed E-state index contributed by atoms with van der Waals surface area (Å²) in [5.74, 6) is 0.831. The van der Waals surface area contributed by atoms with Crippen LogP contribution < -0.4 is 16.2 Å². The largest absolute Gasteiger partial charge is 0.472 e. The van der Waals surface area contributed by atoms with Gasteiger partial charge < -0.3 is 16.2 Å². The maximum absolute atomic E-state index is 5.64. The minimum atomic E-state index is -0.227. The Kier molecular flexibility index (Phi) is 2.84. The second-order valence-electron chi connectivity index (χ2n) is 3.84. The third kappa shape index (κ3) is 2.52. The molecular weight excluding hydrogens is 178 g/mol. The zero-order valence-electron chi connectivity index (χ0n) is 8.87. The van der Waals surface area contributed by atoms with Crippen molar-refractivity contribution in [3.63, 3.8) is 0 Å². The Balaban J connectivity index is 2.83. The summed E-state index contributed by atoms with van der Waals surface area (Å²) in [6.07, 6.45) is 0.902. The summed E-state index contributed by atoms with van der Waals surface area (Å²) < 4.78 is 5.64. The number of nitrogen functional groups attached to an aromatic ring is 2. The molecule has 1 heterocycles. The molecule has 0 atom stereocenters. The summed E-state index contributed by atoms with van der Waals surface area (Å²) in [6.45, 7) is 6.06. The van der Waals surface area contributed by atoms with Crippen molar-refractivity contribution in [1.82, 2.24) is 4.98 Å². The molecule has 0 aliphatic heterocycles. The summed E-state index contributed by atoms with van der Waals surface area (Å²) in [7, 11) is 0. The molecule has 0 aromatic carbocycles. The van der Waals surface area contributed by atoms with Gasteiger partial charge in [0.15, 0.2) is 5.82 Å². The number of ether oxygens (including phenoxy) is 1. The quantitative estimate of drug-likeness (QED) is 0.771. The molecule has 0 saturated carbocycles. The molecule has 0 unspecified atom stereocenters. The SMILES string of the molecule is CCC(C)(C)Oc1ccc(N)c(N)n1. The summed E-state index contributed by atoms with van der Waals surface area (Å²) in [4.78, 5) is 4.04. The van der Waals surface area contributed by atoms with Gasteiger partial charge in [-0.15, -0.1) is 0 Å². The van der Waals surface area contributed by atoms with Crippen LogP contribution in [0.5, 0.6) is 5.88 Å². The predicted octanol–water partition coefficient (Wildman–Crippen LogP) is 1.81. The van der Waals surface area contributed by atoms with Gasteiger partial charge in [-0.2, -0.15) is 4.98 Å². The van der Waals surface area contributed by atoms with Gasteiger partial charge in [0, 0.05) is 6.07 Å². The Hall–Kier alpha value is -1.45. The van der Waals surface area contributed by atoms with Crippen molar-refractivity contribution in [3.05, 3.63) is 12.1 Å². The van der Waals surface area contributed by atoms with E-state index in [-0.39, 0.29) is 5.60 Å². The Bertz CT molecular complexity index is 323. The first-order chi connectivity index (χ1) is 6.44. The van der Waals surface area contributed by atoms with Crippen molar-refractivity contribution < 1.29 is 4.74 Å². The molecule has 4 N–H and O–H groups in total. The number of nitrogens with zero attached hydrogens (tertiary/aromatic N) is 1. The number of aromatic nitrogens is 1. The minimum absolute atomic E-state index is 0.227. The normalized spacial score (nSPS) is 11.4. The first-order valence-corrected chi connectivity index (χ1v) is 4.65. The standard InChI is InChI=1S/C10H17N3O/c1-4-10(2,3)14-8-6-5-7(11)9(12)13-8/h5-6H,4,11H2,1-3H3,(H2,12,13). The van der Waals surface area contributed by atoms with Crippen LogP contribution in [0.3, 0.4) is 0 Å². The van der Waals surface area contributed by atoms with Crippen molar-refractivity contribution in [2.45, 2.75) is 32.8 Å². The van der Waals surface area contributed by atoms with E-state index in [9.17, 15) is 0 Å². The molecule has 0 radical (unpaired) electrons. The van der Waals surface area contributed by atoms with E-state index in [4.69, 9.17) is 16.2 Å². The van der Waals surface area contributed by atoms with Crippen LogP contribution in [-0.2, 0) is 0 Å². The average molecular weight is 195 g/mol. The molecule has 0 amide bonds. The van der Waals surface area contributed by atoms with E-state index in [1.165, 1.54) is 0 Å².